The standard InChI is InChI=1S/C38H39N3O3/c1-3-5-11-28(4-2)43-23-24-14-19-32(33(42)22-24)37-39-36(40-38(41-37)44-29-12-6-7-13-29)31-21-18-27-16-15-25-9-8-10-26-17-20-30(31)35(27)34(25)26/h8-10,14-22,28-29,42H,3-7,11-13,23H2,1-2H3. The van der Waals surface area contributed by atoms with Gasteiger partial charge in [-0.15, -0.1) is 0 Å². The summed E-state index contributed by atoms with van der Waals surface area (Å²) in [6.07, 6.45) is 8.93. The van der Waals surface area contributed by atoms with Crippen LogP contribution in [0.2, 0.25) is 0 Å². The molecule has 0 spiro atoms. The third-order valence-corrected chi connectivity index (χ3v) is 9.08. The number of phenolic OH excluding ortho intramolecular Hbond substituents is 1. The lowest BCUT2D eigenvalue weighted by molar-refractivity contribution is 0.0312. The minimum Gasteiger partial charge on any atom is -0.507 e. The fourth-order valence-corrected chi connectivity index (χ4v) is 6.64. The van der Waals surface area contributed by atoms with Crippen molar-refractivity contribution in [3.63, 3.8) is 0 Å². The molecule has 0 bridgehead atoms. The van der Waals surface area contributed by atoms with E-state index in [1.54, 1.807) is 6.07 Å². The number of aromatic nitrogens is 3. The summed E-state index contributed by atoms with van der Waals surface area (Å²) in [6.45, 7) is 4.81. The van der Waals surface area contributed by atoms with Gasteiger partial charge in [0.25, 0.3) is 0 Å². The molecule has 7 rings (SSSR count). The Morgan fingerprint density at radius 3 is 2.20 bits per heavy atom. The molecule has 1 N–H and O–H groups in total. The average Bonchev–Trinajstić information content (AvgIpc) is 3.56. The molecule has 44 heavy (non-hydrogen) atoms. The summed E-state index contributed by atoms with van der Waals surface area (Å²) in [6, 6.07) is 25.3. The van der Waals surface area contributed by atoms with Crippen LogP contribution < -0.4 is 4.74 Å². The number of benzene rings is 5. The molecule has 6 nitrogen and oxygen atoms in total. The SMILES string of the molecule is CCCCC(CC)OCc1ccc(-c2nc(OC3CCCC3)nc(-c3ccc4ccc5cccc6ccc3c4c56)n2)c(O)c1. The molecule has 1 atom stereocenters. The van der Waals surface area contributed by atoms with Crippen LogP contribution in [0.1, 0.15) is 70.8 Å². The van der Waals surface area contributed by atoms with Crippen LogP contribution in [-0.2, 0) is 11.3 Å². The topological polar surface area (TPSA) is 77.4 Å². The van der Waals surface area contributed by atoms with Crippen molar-refractivity contribution >= 4 is 32.3 Å². The molecule has 1 saturated carbocycles. The normalized spacial score (nSPS) is 14.7. The first-order valence-corrected chi connectivity index (χ1v) is 16.1. The first-order chi connectivity index (χ1) is 21.6. The van der Waals surface area contributed by atoms with Crippen molar-refractivity contribution in [1.82, 2.24) is 15.0 Å². The molecule has 1 aromatic heterocycles. The van der Waals surface area contributed by atoms with E-state index in [1.807, 2.05) is 12.1 Å². The number of aromatic hydroxyl groups is 1. The Morgan fingerprint density at radius 1 is 0.795 bits per heavy atom. The van der Waals surface area contributed by atoms with E-state index in [2.05, 4.69) is 68.4 Å². The highest BCUT2D eigenvalue weighted by Gasteiger charge is 2.22. The van der Waals surface area contributed by atoms with Gasteiger partial charge in [-0.25, -0.2) is 4.98 Å². The van der Waals surface area contributed by atoms with Crippen molar-refractivity contribution in [3.05, 3.63) is 78.4 Å². The maximum absolute atomic E-state index is 11.2. The summed E-state index contributed by atoms with van der Waals surface area (Å²) in [4.78, 5) is 14.5. The molecule has 6 heteroatoms. The van der Waals surface area contributed by atoms with E-state index in [4.69, 9.17) is 24.4 Å². The number of nitrogens with zero attached hydrogens (tertiary/aromatic N) is 3. The molecule has 1 aliphatic carbocycles. The van der Waals surface area contributed by atoms with E-state index in [0.717, 1.165) is 67.9 Å². The number of hydrogen-bond acceptors (Lipinski definition) is 6. The van der Waals surface area contributed by atoms with Crippen LogP contribution in [0.4, 0.5) is 0 Å². The monoisotopic (exact) mass is 585 g/mol. The summed E-state index contributed by atoms with van der Waals surface area (Å²) in [5, 5.41) is 18.3. The molecule has 0 radical (unpaired) electrons. The lowest BCUT2D eigenvalue weighted by Crippen LogP contribution is -2.14. The number of hydrogen-bond donors (Lipinski definition) is 1. The van der Waals surface area contributed by atoms with Crippen molar-refractivity contribution < 1.29 is 14.6 Å². The molecule has 1 heterocycles. The van der Waals surface area contributed by atoms with Gasteiger partial charge < -0.3 is 14.6 Å². The van der Waals surface area contributed by atoms with Crippen LogP contribution in [0.15, 0.2) is 72.8 Å². The fraction of sp³-hybridized carbons (Fsp3) is 0.342. The van der Waals surface area contributed by atoms with E-state index in [1.165, 1.54) is 26.9 Å². The molecule has 0 amide bonds. The summed E-state index contributed by atoms with van der Waals surface area (Å²) < 4.78 is 12.5. The van der Waals surface area contributed by atoms with Gasteiger partial charge >= 0.3 is 6.01 Å². The maximum atomic E-state index is 11.2. The third-order valence-electron chi connectivity index (χ3n) is 9.08. The van der Waals surface area contributed by atoms with Gasteiger partial charge in [0.2, 0.25) is 0 Å². The van der Waals surface area contributed by atoms with E-state index < -0.39 is 0 Å². The van der Waals surface area contributed by atoms with Crippen molar-refractivity contribution in [2.24, 2.45) is 0 Å². The predicted octanol–water partition coefficient (Wildman–Crippen LogP) is 9.62. The van der Waals surface area contributed by atoms with Gasteiger partial charge in [0.05, 0.1) is 18.3 Å². The van der Waals surface area contributed by atoms with E-state index >= 15 is 0 Å². The Kier molecular flexibility index (Phi) is 8.01. The van der Waals surface area contributed by atoms with Crippen LogP contribution in [-0.4, -0.2) is 32.3 Å². The molecule has 1 aliphatic rings. The van der Waals surface area contributed by atoms with Gasteiger partial charge in [0.15, 0.2) is 11.6 Å². The van der Waals surface area contributed by atoms with Crippen molar-refractivity contribution in [2.45, 2.75) is 84.0 Å². The Labute approximate surface area is 258 Å². The van der Waals surface area contributed by atoms with Crippen LogP contribution in [0.3, 0.4) is 0 Å². The number of phenols is 1. The lowest BCUT2D eigenvalue weighted by Gasteiger charge is -2.17. The first kappa shape index (κ1) is 28.5. The number of unbranched alkanes of at least 4 members (excludes halogenated alkanes) is 1. The third kappa shape index (κ3) is 5.55. The fourth-order valence-electron chi connectivity index (χ4n) is 6.64. The van der Waals surface area contributed by atoms with Crippen molar-refractivity contribution in [1.29, 1.82) is 0 Å². The summed E-state index contributed by atoms with van der Waals surface area (Å²) in [5.74, 6) is 1.05. The molecule has 224 valence electrons. The van der Waals surface area contributed by atoms with Gasteiger partial charge in [-0.3, -0.25) is 0 Å². The molecule has 0 aliphatic heterocycles. The quantitative estimate of drug-likeness (QED) is 0.153. The molecular weight excluding hydrogens is 546 g/mol. The molecule has 1 fully saturated rings. The van der Waals surface area contributed by atoms with Crippen LogP contribution in [0.5, 0.6) is 11.8 Å². The van der Waals surface area contributed by atoms with Crippen LogP contribution in [0.25, 0.3) is 55.1 Å². The minimum absolute atomic E-state index is 0.0896. The molecule has 0 saturated heterocycles. The maximum Gasteiger partial charge on any atom is 0.320 e. The second-order valence-electron chi connectivity index (χ2n) is 12.1. The van der Waals surface area contributed by atoms with Gasteiger partial charge in [-0.1, -0.05) is 81.3 Å². The van der Waals surface area contributed by atoms with Gasteiger partial charge in [0, 0.05) is 5.56 Å². The summed E-state index contributed by atoms with van der Waals surface area (Å²) in [5.41, 5.74) is 2.38. The zero-order valence-electron chi connectivity index (χ0n) is 25.6. The van der Waals surface area contributed by atoms with Crippen molar-refractivity contribution in [2.75, 3.05) is 0 Å². The highest BCUT2D eigenvalue weighted by Crippen LogP contribution is 2.39. The smallest absolute Gasteiger partial charge is 0.320 e. The van der Waals surface area contributed by atoms with Crippen LogP contribution in [0, 0.1) is 0 Å². The minimum atomic E-state index is 0.0896. The lowest BCUT2D eigenvalue weighted by atomic mass is 9.92. The molecule has 5 aromatic carbocycles. The highest BCUT2D eigenvalue weighted by molar-refractivity contribution is 6.25. The molecule has 6 aromatic rings. The van der Waals surface area contributed by atoms with Gasteiger partial charge in [0.1, 0.15) is 11.9 Å². The summed E-state index contributed by atoms with van der Waals surface area (Å²) in [7, 11) is 0. The van der Waals surface area contributed by atoms with Gasteiger partial charge in [-0.05, 0) is 94.6 Å². The van der Waals surface area contributed by atoms with E-state index in [9.17, 15) is 5.11 Å². The largest absolute Gasteiger partial charge is 0.507 e. The molecular formula is C38H39N3O3. The number of ether oxygens (including phenoxy) is 2. The Hall–Kier alpha value is -4.29. The number of rotatable bonds is 11. The Morgan fingerprint density at radius 2 is 1.48 bits per heavy atom. The average molecular weight is 586 g/mol. The summed E-state index contributed by atoms with van der Waals surface area (Å²) >= 11 is 0. The Bertz CT molecular complexity index is 1900. The molecule has 1 unspecified atom stereocenters. The second kappa shape index (κ2) is 12.4. The first-order valence-electron chi connectivity index (χ1n) is 16.1. The van der Waals surface area contributed by atoms with E-state index in [-0.39, 0.29) is 18.0 Å². The van der Waals surface area contributed by atoms with E-state index in [0.29, 0.717) is 29.8 Å². The Balaban J connectivity index is 1.29. The van der Waals surface area contributed by atoms with Crippen LogP contribution >= 0.6 is 0 Å². The van der Waals surface area contributed by atoms with Crippen molar-refractivity contribution in [3.8, 4) is 34.5 Å². The predicted molar refractivity (Wildman–Crippen MR) is 177 cm³/mol. The zero-order valence-corrected chi connectivity index (χ0v) is 25.6. The zero-order chi connectivity index (χ0) is 30.0. The van der Waals surface area contributed by atoms with Gasteiger partial charge in [-0.2, -0.15) is 9.97 Å². The second-order valence-corrected chi connectivity index (χ2v) is 12.1. The highest BCUT2D eigenvalue weighted by atomic mass is 16.5.